The Bertz CT molecular complexity index is 401. The predicted octanol–water partition coefficient (Wildman–Crippen LogP) is 1.14. The van der Waals surface area contributed by atoms with Crippen molar-refractivity contribution in [3.05, 3.63) is 34.1 Å². The fourth-order valence-electron chi connectivity index (χ4n) is 1.25. The van der Waals surface area contributed by atoms with Gasteiger partial charge in [0, 0.05) is 17.7 Å². The SMILES string of the molecule is C=CCc1c(Cl)nnc(Cl)c1CNBC=O. The monoisotopic (exact) mass is 257 g/mol. The van der Waals surface area contributed by atoms with Gasteiger partial charge in [0.15, 0.2) is 10.3 Å². The summed E-state index contributed by atoms with van der Waals surface area (Å²) >= 11 is 11.8. The standard InChI is InChI=1S/C9H10BCl2N3O/c1-2-3-6-7(4-13-10-5-16)9(12)15-14-8(6)11/h2,5,10,13H,1,3-4H2. The van der Waals surface area contributed by atoms with Crippen LogP contribution >= 0.6 is 23.2 Å². The third-order valence-corrected chi connectivity index (χ3v) is 2.57. The Morgan fingerprint density at radius 2 is 1.94 bits per heavy atom. The molecule has 1 aromatic heterocycles. The van der Waals surface area contributed by atoms with Crippen LogP contribution in [0.1, 0.15) is 11.1 Å². The van der Waals surface area contributed by atoms with E-state index in [2.05, 4.69) is 22.0 Å². The normalized spacial score (nSPS) is 9.88. The number of nitrogens with zero attached hydrogens (tertiary/aromatic N) is 2. The first-order valence-electron chi connectivity index (χ1n) is 4.65. The van der Waals surface area contributed by atoms with Gasteiger partial charge in [-0.3, -0.25) is 0 Å². The fraction of sp³-hybridized carbons (Fsp3) is 0.222. The van der Waals surface area contributed by atoms with E-state index >= 15 is 0 Å². The van der Waals surface area contributed by atoms with E-state index in [1.54, 1.807) is 6.08 Å². The van der Waals surface area contributed by atoms with Crippen LogP contribution in [0.25, 0.3) is 0 Å². The molecule has 4 nitrogen and oxygen atoms in total. The molecule has 0 atom stereocenters. The second-order valence-corrected chi connectivity index (χ2v) is 3.75. The Labute approximate surface area is 104 Å². The summed E-state index contributed by atoms with van der Waals surface area (Å²) in [4.78, 5) is 10.2. The summed E-state index contributed by atoms with van der Waals surface area (Å²) in [6.45, 7) is 4.06. The van der Waals surface area contributed by atoms with E-state index < -0.39 is 0 Å². The van der Waals surface area contributed by atoms with Gasteiger partial charge in [0.25, 0.3) is 7.41 Å². The maximum absolute atomic E-state index is 10.2. The van der Waals surface area contributed by atoms with Crippen LogP contribution in [-0.2, 0) is 17.8 Å². The summed E-state index contributed by atoms with van der Waals surface area (Å²) in [7, 11) is 0.254. The van der Waals surface area contributed by atoms with Crippen molar-refractivity contribution in [2.75, 3.05) is 0 Å². The van der Waals surface area contributed by atoms with Gasteiger partial charge >= 0.3 is 0 Å². The quantitative estimate of drug-likeness (QED) is 0.360. The average Bonchev–Trinajstić information content (AvgIpc) is 2.27. The Morgan fingerprint density at radius 3 is 2.50 bits per heavy atom. The highest BCUT2D eigenvalue weighted by atomic mass is 35.5. The van der Waals surface area contributed by atoms with E-state index in [0.717, 1.165) is 17.3 Å². The molecule has 0 unspecified atom stereocenters. The minimum Gasteiger partial charge on any atom is -0.349 e. The molecule has 7 heteroatoms. The van der Waals surface area contributed by atoms with Crippen molar-refractivity contribution in [3.63, 3.8) is 0 Å². The molecule has 0 bridgehead atoms. The minimum atomic E-state index is 0.254. The summed E-state index contributed by atoms with van der Waals surface area (Å²) in [6.07, 6.45) is 3.05. The van der Waals surface area contributed by atoms with Gasteiger partial charge in [-0.25, -0.2) is 0 Å². The van der Waals surface area contributed by atoms with Crippen LogP contribution in [0.2, 0.25) is 10.3 Å². The van der Waals surface area contributed by atoms with E-state index in [1.807, 2.05) is 0 Å². The molecule has 1 N–H and O–H groups in total. The largest absolute Gasteiger partial charge is 0.349 e. The number of rotatable bonds is 6. The second-order valence-electron chi connectivity index (χ2n) is 3.03. The molecule has 0 amide bonds. The summed E-state index contributed by atoms with van der Waals surface area (Å²) in [5, 5.41) is 11.0. The van der Waals surface area contributed by atoms with Gasteiger partial charge in [-0.15, -0.1) is 16.8 Å². The van der Waals surface area contributed by atoms with Gasteiger partial charge in [0.05, 0.1) is 6.19 Å². The molecular weight excluding hydrogens is 248 g/mol. The Hall–Kier alpha value is -0.905. The molecule has 0 saturated heterocycles. The maximum Gasteiger partial charge on any atom is 0.278 e. The first kappa shape index (κ1) is 13.2. The summed E-state index contributed by atoms with van der Waals surface area (Å²) < 4.78 is 0. The number of allylic oxidation sites excluding steroid dienone is 1. The van der Waals surface area contributed by atoms with Crippen molar-refractivity contribution in [2.45, 2.75) is 13.0 Å². The van der Waals surface area contributed by atoms with Crippen molar-refractivity contribution >= 4 is 36.8 Å². The molecule has 84 valence electrons. The molecule has 0 radical (unpaired) electrons. The molecule has 1 rings (SSSR count). The number of halogens is 2. The lowest BCUT2D eigenvalue weighted by molar-refractivity contribution is 0.567. The lowest BCUT2D eigenvalue weighted by atomic mass is 9.97. The lowest BCUT2D eigenvalue weighted by Gasteiger charge is -2.10. The lowest BCUT2D eigenvalue weighted by Crippen LogP contribution is -2.21. The molecule has 0 saturated carbocycles. The van der Waals surface area contributed by atoms with Gasteiger partial charge in [0.1, 0.15) is 0 Å². The zero-order valence-electron chi connectivity index (χ0n) is 8.54. The van der Waals surface area contributed by atoms with Crippen molar-refractivity contribution in [1.82, 2.24) is 15.4 Å². The average molecular weight is 258 g/mol. The summed E-state index contributed by atoms with van der Waals surface area (Å²) in [5.74, 6) is 0. The fourth-order valence-corrected chi connectivity index (χ4v) is 1.69. The Morgan fingerprint density at radius 1 is 1.31 bits per heavy atom. The van der Waals surface area contributed by atoms with Crippen molar-refractivity contribution < 1.29 is 4.79 Å². The topological polar surface area (TPSA) is 54.9 Å². The molecule has 1 heterocycles. The van der Waals surface area contributed by atoms with E-state index in [0.29, 0.717) is 23.3 Å². The molecule has 0 aliphatic heterocycles. The van der Waals surface area contributed by atoms with Crippen molar-refractivity contribution in [3.8, 4) is 0 Å². The number of carbonyl (C=O) groups is 1. The van der Waals surface area contributed by atoms with Crippen LogP contribution in [0.5, 0.6) is 0 Å². The van der Waals surface area contributed by atoms with Gasteiger partial charge in [-0.2, -0.15) is 0 Å². The highest BCUT2D eigenvalue weighted by molar-refractivity contribution is 6.64. The van der Waals surface area contributed by atoms with Crippen LogP contribution in [0.3, 0.4) is 0 Å². The zero-order valence-corrected chi connectivity index (χ0v) is 10.1. The van der Waals surface area contributed by atoms with E-state index in [-0.39, 0.29) is 7.41 Å². The molecule has 0 aliphatic carbocycles. The second kappa shape index (κ2) is 6.63. The Kier molecular flexibility index (Phi) is 5.45. The van der Waals surface area contributed by atoms with Crippen molar-refractivity contribution in [1.29, 1.82) is 0 Å². The van der Waals surface area contributed by atoms with Gasteiger partial charge in [-0.05, 0) is 6.42 Å². The molecule has 1 aromatic rings. The number of hydrogen-bond donors (Lipinski definition) is 1. The molecule has 0 spiro atoms. The third kappa shape index (κ3) is 3.30. The first-order chi connectivity index (χ1) is 7.70. The van der Waals surface area contributed by atoms with Crippen LogP contribution in [-0.4, -0.2) is 23.8 Å². The van der Waals surface area contributed by atoms with Crippen LogP contribution in [0.15, 0.2) is 12.7 Å². The van der Waals surface area contributed by atoms with E-state index in [4.69, 9.17) is 23.2 Å². The first-order valence-corrected chi connectivity index (χ1v) is 5.41. The highest BCUT2D eigenvalue weighted by Gasteiger charge is 2.12. The highest BCUT2D eigenvalue weighted by Crippen LogP contribution is 2.23. The molecule has 16 heavy (non-hydrogen) atoms. The van der Waals surface area contributed by atoms with Gasteiger partial charge < -0.3 is 10.0 Å². The molecule has 0 aliphatic rings. The molecule has 0 fully saturated rings. The Balaban J connectivity index is 2.97. The number of hydrogen-bond acceptors (Lipinski definition) is 4. The summed E-state index contributed by atoms with van der Waals surface area (Å²) in [5.41, 5.74) is 1.54. The van der Waals surface area contributed by atoms with Gasteiger partial charge in [-0.1, -0.05) is 29.3 Å². The van der Waals surface area contributed by atoms with Gasteiger partial charge in [0.2, 0.25) is 0 Å². The van der Waals surface area contributed by atoms with Crippen LogP contribution in [0.4, 0.5) is 0 Å². The van der Waals surface area contributed by atoms with Crippen LogP contribution < -0.4 is 5.23 Å². The van der Waals surface area contributed by atoms with Crippen molar-refractivity contribution in [2.24, 2.45) is 0 Å². The number of nitrogens with one attached hydrogen (secondary N) is 1. The molecular formula is C9H10BCl2N3O. The maximum atomic E-state index is 10.2. The number of aromatic nitrogens is 2. The zero-order chi connectivity index (χ0) is 12.0. The predicted molar refractivity (Wildman–Crippen MR) is 66.7 cm³/mol. The molecule has 0 aromatic carbocycles. The van der Waals surface area contributed by atoms with Crippen LogP contribution in [0, 0.1) is 0 Å². The number of carbonyl (C=O) groups excluding carboxylic acids is 1. The van der Waals surface area contributed by atoms with E-state index in [9.17, 15) is 4.79 Å². The van der Waals surface area contributed by atoms with E-state index in [1.165, 1.54) is 0 Å². The minimum absolute atomic E-state index is 0.254. The smallest absolute Gasteiger partial charge is 0.278 e. The summed E-state index contributed by atoms with van der Waals surface area (Å²) in [6, 6.07) is 0. The third-order valence-electron chi connectivity index (χ3n) is 1.97.